The van der Waals surface area contributed by atoms with E-state index in [9.17, 15) is 13.2 Å². The molecule has 0 saturated carbocycles. The van der Waals surface area contributed by atoms with Crippen LogP contribution in [-0.2, 0) is 14.6 Å². The average Bonchev–Trinajstić information content (AvgIpc) is 2.76. The molecule has 2 unspecified atom stereocenters. The molecule has 0 aromatic heterocycles. The molecule has 2 aliphatic rings. The Morgan fingerprint density at radius 1 is 1.44 bits per heavy atom. The maximum absolute atomic E-state index is 12.1. The second-order valence-electron chi connectivity index (χ2n) is 5.37. The topological polar surface area (TPSA) is 66.5 Å². The summed E-state index contributed by atoms with van der Waals surface area (Å²) in [4.78, 5) is 14.0. The highest BCUT2D eigenvalue weighted by molar-refractivity contribution is 7.91. The van der Waals surface area contributed by atoms with Gasteiger partial charge in [0.1, 0.15) is 0 Å². The predicted molar refractivity (Wildman–Crippen MR) is 70.0 cm³/mol. The molecule has 0 bridgehead atoms. The second-order valence-corrected chi connectivity index (χ2v) is 7.60. The number of hydrogen-bond donors (Lipinski definition) is 1. The fourth-order valence-corrected chi connectivity index (χ4v) is 4.17. The Morgan fingerprint density at radius 3 is 2.83 bits per heavy atom. The summed E-state index contributed by atoms with van der Waals surface area (Å²) in [5.74, 6) is 1.01. The lowest BCUT2D eigenvalue weighted by atomic mass is 10.1. The van der Waals surface area contributed by atoms with Gasteiger partial charge in [0.15, 0.2) is 9.84 Å². The van der Waals surface area contributed by atoms with E-state index in [1.807, 2.05) is 4.90 Å². The van der Waals surface area contributed by atoms with E-state index in [2.05, 4.69) is 12.2 Å². The fourth-order valence-electron chi connectivity index (χ4n) is 2.73. The number of sulfone groups is 1. The van der Waals surface area contributed by atoms with E-state index in [4.69, 9.17) is 0 Å². The molecule has 104 valence electrons. The highest BCUT2D eigenvalue weighted by Gasteiger charge is 2.30. The van der Waals surface area contributed by atoms with Gasteiger partial charge in [-0.25, -0.2) is 8.42 Å². The van der Waals surface area contributed by atoms with Crippen LogP contribution in [0.1, 0.15) is 26.2 Å². The normalized spacial score (nSPS) is 31.5. The van der Waals surface area contributed by atoms with Crippen LogP contribution in [0.25, 0.3) is 0 Å². The van der Waals surface area contributed by atoms with Gasteiger partial charge in [0.25, 0.3) is 0 Å². The maximum atomic E-state index is 12.1. The lowest BCUT2D eigenvalue weighted by Gasteiger charge is -2.25. The highest BCUT2D eigenvalue weighted by atomic mass is 32.2. The van der Waals surface area contributed by atoms with Gasteiger partial charge >= 0.3 is 0 Å². The lowest BCUT2D eigenvalue weighted by molar-refractivity contribution is -0.130. The molecule has 0 radical (unpaired) electrons. The maximum Gasteiger partial charge on any atom is 0.224 e. The number of carbonyl (C=O) groups excluding carboxylic acids is 1. The molecule has 6 heteroatoms. The lowest BCUT2D eigenvalue weighted by Crippen LogP contribution is -2.47. The number of hydrogen-bond acceptors (Lipinski definition) is 4. The molecule has 2 fully saturated rings. The molecule has 18 heavy (non-hydrogen) atoms. The molecule has 0 aromatic carbocycles. The Kier molecular flexibility index (Phi) is 4.27. The first-order chi connectivity index (χ1) is 8.50. The standard InChI is InChI=1S/C12H22N2O3S/c1-2-10-3-5-14(8-10)12(15)7-11-9-18(16,17)6-4-13-11/h10-11,13H,2-9H2,1H3. The number of likely N-dealkylation sites (tertiary alicyclic amines) is 1. The first-order valence-corrected chi connectivity index (χ1v) is 8.54. The van der Waals surface area contributed by atoms with Crippen molar-refractivity contribution in [2.45, 2.75) is 32.2 Å². The fraction of sp³-hybridized carbons (Fsp3) is 0.917. The van der Waals surface area contributed by atoms with Crippen molar-refractivity contribution in [3.63, 3.8) is 0 Å². The second kappa shape index (κ2) is 5.57. The first kappa shape index (κ1) is 13.8. The monoisotopic (exact) mass is 274 g/mol. The van der Waals surface area contributed by atoms with Crippen LogP contribution in [0.4, 0.5) is 0 Å². The van der Waals surface area contributed by atoms with Gasteiger partial charge in [-0.1, -0.05) is 13.3 Å². The number of nitrogens with one attached hydrogen (secondary N) is 1. The minimum atomic E-state index is -2.95. The molecule has 2 heterocycles. The van der Waals surface area contributed by atoms with Crippen molar-refractivity contribution in [3.8, 4) is 0 Å². The van der Waals surface area contributed by atoms with Crippen molar-refractivity contribution >= 4 is 15.7 Å². The molecule has 2 aliphatic heterocycles. The predicted octanol–water partition coefficient (Wildman–Crippen LogP) is 0.0216. The minimum absolute atomic E-state index is 0.0977. The van der Waals surface area contributed by atoms with Gasteiger partial charge in [-0.3, -0.25) is 4.79 Å². The quantitative estimate of drug-likeness (QED) is 0.788. The van der Waals surface area contributed by atoms with Crippen LogP contribution in [-0.4, -0.2) is 56.4 Å². The minimum Gasteiger partial charge on any atom is -0.342 e. The summed E-state index contributed by atoms with van der Waals surface area (Å²) in [7, 11) is -2.95. The van der Waals surface area contributed by atoms with Gasteiger partial charge in [0.2, 0.25) is 5.91 Å². The molecule has 1 amide bonds. The van der Waals surface area contributed by atoms with Gasteiger partial charge < -0.3 is 10.2 Å². The van der Waals surface area contributed by atoms with Gasteiger partial charge in [0, 0.05) is 32.1 Å². The number of carbonyl (C=O) groups is 1. The average molecular weight is 274 g/mol. The summed E-state index contributed by atoms with van der Waals surface area (Å²) >= 11 is 0. The van der Waals surface area contributed by atoms with Crippen LogP contribution in [0.2, 0.25) is 0 Å². The molecule has 2 saturated heterocycles. The summed E-state index contributed by atoms with van der Waals surface area (Å²) in [6.07, 6.45) is 2.51. The summed E-state index contributed by atoms with van der Waals surface area (Å²) in [5.41, 5.74) is 0. The summed E-state index contributed by atoms with van der Waals surface area (Å²) < 4.78 is 23.0. The van der Waals surface area contributed by atoms with E-state index in [-0.39, 0.29) is 23.5 Å². The van der Waals surface area contributed by atoms with Crippen molar-refractivity contribution in [1.29, 1.82) is 0 Å². The van der Waals surface area contributed by atoms with Crippen LogP contribution in [0.3, 0.4) is 0 Å². The molecule has 0 aromatic rings. The van der Waals surface area contributed by atoms with E-state index in [0.29, 0.717) is 18.9 Å². The van der Waals surface area contributed by atoms with Crippen molar-refractivity contribution in [2.24, 2.45) is 5.92 Å². The molecule has 2 rings (SSSR count). The summed E-state index contributed by atoms with van der Waals surface area (Å²) in [5, 5.41) is 3.13. The third-order valence-electron chi connectivity index (χ3n) is 3.94. The van der Waals surface area contributed by atoms with Gasteiger partial charge in [-0.2, -0.15) is 0 Å². The van der Waals surface area contributed by atoms with Crippen molar-refractivity contribution in [2.75, 3.05) is 31.1 Å². The number of nitrogens with zero attached hydrogens (tertiary/aromatic N) is 1. The van der Waals surface area contributed by atoms with E-state index >= 15 is 0 Å². The van der Waals surface area contributed by atoms with Crippen molar-refractivity contribution < 1.29 is 13.2 Å². The van der Waals surface area contributed by atoms with Crippen molar-refractivity contribution in [3.05, 3.63) is 0 Å². The van der Waals surface area contributed by atoms with Gasteiger partial charge in [0.05, 0.1) is 11.5 Å². The number of amides is 1. The molecule has 1 N–H and O–H groups in total. The molecule has 0 aliphatic carbocycles. The first-order valence-electron chi connectivity index (χ1n) is 6.72. The SMILES string of the molecule is CCC1CCN(C(=O)CC2CS(=O)(=O)CCN2)C1. The van der Waals surface area contributed by atoms with Crippen LogP contribution in [0, 0.1) is 5.92 Å². The molecule has 0 spiro atoms. The van der Waals surface area contributed by atoms with Gasteiger partial charge in [-0.05, 0) is 12.3 Å². The largest absolute Gasteiger partial charge is 0.342 e. The smallest absolute Gasteiger partial charge is 0.224 e. The Balaban J connectivity index is 1.84. The third kappa shape index (κ3) is 3.45. The summed E-state index contributed by atoms with van der Waals surface area (Å²) in [6.45, 7) is 4.29. The Bertz CT molecular complexity index is 408. The van der Waals surface area contributed by atoms with Crippen molar-refractivity contribution in [1.82, 2.24) is 10.2 Å². The Labute approximate surface area is 109 Å². The zero-order valence-corrected chi connectivity index (χ0v) is 11.7. The zero-order valence-electron chi connectivity index (χ0n) is 10.9. The van der Waals surface area contributed by atoms with Crippen LogP contribution in [0.15, 0.2) is 0 Å². The highest BCUT2D eigenvalue weighted by Crippen LogP contribution is 2.20. The van der Waals surface area contributed by atoms with Gasteiger partial charge in [-0.15, -0.1) is 0 Å². The molecule has 5 nitrogen and oxygen atoms in total. The third-order valence-corrected chi connectivity index (χ3v) is 5.67. The number of rotatable bonds is 3. The van der Waals surface area contributed by atoms with E-state index in [1.54, 1.807) is 0 Å². The molecular weight excluding hydrogens is 252 g/mol. The van der Waals surface area contributed by atoms with E-state index < -0.39 is 9.84 Å². The van der Waals surface area contributed by atoms with E-state index in [0.717, 1.165) is 25.9 Å². The Hall–Kier alpha value is -0.620. The van der Waals surface area contributed by atoms with Crippen LogP contribution < -0.4 is 5.32 Å². The zero-order chi connectivity index (χ0) is 13.2. The Morgan fingerprint density at radius 2 is 2.22 bits per heavy atom. The molecular formula is C12H22N2O3S. The summed E-state index contributed by atoms with van der Waals surface area (Å²) in [6, 6.07) is -0.197. The van der Waals surface area contributed by atoms with Crippen LogP contribution in [0.5, 0.6) is 0 Å². The molecule has 2 atom stereocenters. The van der Waals surface area contributed by atoms with Crippen LogP contribution >= 0.6 is 0 Å². The van der Waals surface area contributed by atoms with E-state index in [1.165, 1.54) is 0 Å².